The van der Waals surface area contributed by atoms with E-state index in [9.17, 15) is 4.79 Å². The Kier molecular flexibility index (Phi) is 4.44. The molecule has 0 fully saturated rings. The van der Waals surface area contributed by atoms with Crippen LogP contribution in [0.25, 0.3) is 0 Å². The van der Waals surface area contributed by atoms with Gasteiger partial charge in [0.25, 0.3) is 0 Å². The molecule has 0 saturated carbocycles. The summed E-state index contributed by atoms with van der Waals surface area (Å²) in [6.45, 7) is 4.70. The topological polar surface area (TPSA) is 26.3 Å². The van der Waals surface area contributed by atoms with Crippen LogP contribution >= 0.6 is 0 Å². The van der Waals surface area contributed by atoms with Gasteiger partial charge in [0.2, 0.25) is 0 Å². The number of carbonyl (C=O) groups is 1. The summed E-state index contributed by atoms with van der Waals surface area (Å²) < 4.78 is 5.45. The molecule has 1 rings (SSSR count). The summed E-state index contributed by atoms with van der Waals surface area (Å²) in [7, 11) is 0. The van der Waals surface area contributed by atoms with Gasteiger partial charge in [0, 0.05) is 6.42 Å². The van der Waals surface area contributed by atoms with E-state index in [1.165, 1.54) is 0 Å². The first-order valence-electron chi connectivity index (χ1n) is 5.26. The number of ketones is 1. The average molecular weight is 194 g/mol. The molecule has 0 aliphatic heterocycles. The fourth-order valence-electron chi connectivity index (χ4n) is 1.48. The molecule has 0 atom stereocenters. The first-order valence-corrected chi connectivity index (χ1v) is 5.26. The first kappa shape index (κ1) is 11.0. The molecule has 78 valence electrons. The Morgan fingerprint density at radius 1 is 1.36 bits per heavy atom. The van der Waals surface area contributed by atoms with Crippen LogP contribution in [0.15, 0.2) is 23.5 Å². The summed E-state index contributed by atoms with van der Waals surface area (Å²) in [5.41, 5.74) is 1.11. The van der Waals surface area contributed by atoms with Crippen molar-refractivity contribution in [2.24, 2.45) is 0 Å². The van der Waals surface area contributed by atoms with Crippen LogP contribution in [0.4, 0.5) is 0 Å². The Hall–Kier alpha value is -1.05. The molecule has 0 aromatic carbocycles. The Labute approximate surface area is 85.6 Å². The number of ether oxygens (including phenoxy) is 1. The summed E-state index contributed by atoms with van der Waals surface area (Å²) >= 11 is 0. The average Bonchev–Trinajstić information content (AvgIpc) is 2.48. The summed E-state index contributed by atoms with van der Waals surface area (Å²) in [5, 5.41) is 0. The van der Waals surface area contributed by atoms with Crippen molar-refractivity contribution in [2.45, 2.75) is 39.5 Å². The third-order valence-corrected chi connectivity index (χ3v) is 2.30. The smallest absolute Gasteiger partial charge is 0.197 e. The van der Waals surface area contributed by atoms with Crippen LogP contribution in [0.2, 0.25) is 0 Å². The van der Waals surface area contributed by atoms with Crippen LogP contribution in [-0.2, 0) is 9.53 Å². The second kappa shape index (κ2) is 5.63. The molecule has 0 aromatic rings. The van der Waals surface area contributed by atoms with Crippen molar-refractivity contribution in [3.05, 3.63) is 23.5 Å². The fourth-order valence-corrected chi connectivity index (χ4v) is 1.48. The number of carbonyl (C=O) groups excluding carboxylic acids is 1. The van der Waals surface area contributed by atoms with Crippen molar-refractivity contribution in [1.29, 1.82) is 0 Å². The number of rotatable bonds is 5. The minimum atomic E-state index is 0.168. The van der Waals surface area contributed by atoms with E-state index in [2.05, 4.69) is 19.1 Å². The summed E-state index contributed by atoms with van der Waals surface area (Å²) in [6, 6.07) is 0. The van der Waals surface area contributed by atoms with E-state index in [0.29, 0.717) is 18.8 Å². The Morgan fingerprint density at radius 2 is 2.14 bits per heavy atom. The predicted octanol–water partition coefficient (Wildman–Crippen LogP) is 3.00. The van der Waals surface area contributed by atoms with Gasteiger partial charge in [-0.25, -0.2) is 0 Å². The molecule has 0 radical (unpaired) electrons. The van der Waals surface area contributed by atoms with Crippen LogP contribution in [0, 0.1) is 0 Å². The second-order valence-corrected chi connectivity index (χ2v) is 3.55. The van der Waals surface area contributed by atoms with Gasteiger partial charge >= 0.3 is 0 Å². The molecule has 0 heterocycles. The highest BCUT2D eigenvalue weighted by Gasteiger charge is 2.21. The van der Waals surface area contributed by atoms with E-state index in [0.717, 1.165) is 24.8 Å². The number of allylic oxidation sites excluding steroid dienone is 3. The highest BCUT2D eigenvalue weighted by Crippen LogP contribution is 2.23. The number of Topliss-reactive ketones (excluding diaryl/α,β-unsaturated/α-hetero) is 1. The SMILES string of the molecule is CC/C=C/CCOC1=C(C)CCC1=O. The summed E-state index contributed by atoms with van der Waals surface area (Å²) in [6.07, 6.45) is 7.65. The quantitative estimate of drug-likeness (QED) is 0.496. The van der Waals surface area contributed by atoms with Gasteiger partial charge in [0.15, 0.2) is 11.5 Å². The maximum Gasteiger partial charge on any atom is 0.197 e. The molecule has 0 N–H and O–H groups in total. The maximum atomic E-state index is 11.3. The van der Waals surface area contributed by atoms with Crippen molar-refractivity contribution in [2.75, 3.05) is 6.61 Å². The molecule has 1 aliphatic rings. The van der Waals surface area contributed by atoms with Crippen LogP contribution in [0.1, 0.15) is 39.5 Å². The molecular weight excluding hydrogens is 176 g/mol. The monoisotopic (exact) mass is 194 g/mol. The molecule has 1 aliphatic carbocycles. The van der Waals surface area contributed by atoms with Crippen LogP contribution in [-0.4, -0.2) is 12.4 Å². The molecule has 0 unspecified atom stereocenters. The van der Waals surface area contributed by atoms with Gasteiger partial charge in [-0.1, -0.05) is 19.1 Å². The zero-order valence-electron chi connectivity index (χ0n) is 9.01. The molecule has 0 bridgehead atoms. The van der Waals surface area contributed by atoms with Crippen LogP contribution < -0.4 is 0 Å². The lowest BCUT2D eigenvalue weighted by Crippen LogP contribution is -2.02. The van der Waals surface area contributed by atoms with Crippen molar-refractivity contribution < 1.29 is 9.53 Å². The van der Waals surface area contributed by atoms with Crippen molar-refractivity contribution >= 4 is 5.78 Å². The van der Waals surface area contributed by atoms with E-state index < -0.39 is 0 Å². The van der Waals surface area contributed by atoms with Gasteiger partial charge in [-0.05, 0) is 31.8 Å². The van der Waals surface area contributed by atoms with E-state index in [1.807, 2.05) is 6.92 Å². The molecule has 0 aromatic heterocycles. The van der Waals surface area contributed by atoms with Gasteiger partial charge in [0.1, 0.15) is 0 Å². The molecule has 14 heavy (non-hydrogen) atoms. The highest BCUT2D eigenvalue weighted by molar-refractivity contribution is 5.96. The predicted molar refractivity (Wildman–Crippen MR) is 56.9 cm³/mol. The molecule has 2 nitrogen and oxygen atoms in total. The summed E-state index contributed by atoms with van der Waals surface area (Å²) in [4.78, 5) is 11.3. The van der Waals surface area contributed by atoms with Crippen molar-refractivity contribution in [3.8, 4) is 0 Å². The van der Waals surface area contributed by atoms with E-state index in [-0.39, 0.29) is 5.78 Å². The van der Waals surface area contributed by atoms with E-state index in [4.69, 9.17) is 4.74 Å². The molecular formula is C12H18O2. The summed E-state index contributed by atoms with van der Waals surface area (Å²) in [5.74, 6) is 0.789. The van der Waals surface area contributed by atoms with E-state index in [1.54, 1.807) is 0 Å². The van der Waals surface area contributed by atoms with Gasteiger partial charge in [0.05, 0.1) is 6.61 Å². The van der Waals surface area contributed by atoms with Gasteiger partial charge in [-0.15, -0.1) is 0 Å². The van der Waals surface area contributed by atoms with Gasteiger partial charge in [-0.3, -0.25) is 4.79 Å². The molecule has 0 spiro atoms. The second-order valence-electron chi connectivity index (χ2n) is 3.55. The lowest BCUT2D eigenvalue weighted by atomic mass is 10.3. The maximum absolute atomic E-state index is 11.3. The molecule has 0 saturated heterocycles. The zero-order chi connectivity index (χ0) is 10.4. The van der Waals surface area contributed by atoms with Crippen LogP contribution in [0.3, 0.4) is 0 Å². The van der Waals surface area contributed by atoms with Gasteiger partial charge < -0.3 is 4.74 Å². The molecule has 2 heteroatoms. The third-order valence-electron chi connectivity index (χ3n) is 2.30. The highest BCUT2D eigenvalue weighted by atomic mass is 16.5. The third kappa shape index (κ3) is 3.02. The minimum Gasteiger partial charge on any atom is -0.490 e. The van der Waals surface area contributed by atoms with E-state index >= 15 is 0 Å². The number of hydrogen-bond acceptors (Lipinski definition) is 2. The fraction of sp³-hybridized carbons (Fsp3) is 0.583. The standard InChI is InChI=1S/C12H18O2/c1-3-4-5-6-9-14-12-10(2)7-8-11(12)13/h4-5H,3,6-9H2,1-2H3/b5-4+. The van der Waals surface area contributed by atoms with Crippen LogP contribution in [0.5, 0.6) is 0 Å². The van der Waals surface area contributed by atoms with Crippen molar-refractivity contribution in [3.63, 3.8) is 0 Å². The zero-order valence-corrected chi connectivity index (χ0v) is 9.01. The molecule has 0 amide bonds. The Morgan fingerprint density at radius 3 is 2.71 bits per heavy atom. The van der Waals surface area contributed by atoms with Crippen molar-refractivity contribution in [1.82, 2.24) is 0 Å². The first-order chi connectivity index (χ1) is 6.75. The Balaban J connectivity index is 2.27. The largest absolute Gasteiger partial charge is 0.490 e. The lowest BCUT2D eigenvalue weighted by Gasteiger charge is -2.04. The minimum absolute atomic E-state index is 0.168. The lowest BCUT2D eigenvalue weighted by molar-refractivity contribution is -0.118. The normalized spacial score (nSPS) is 17.1. The Bertz CT molecular complexity index is 261. The number of hydrogen-bond donors (Lipinski definition) is 0. The van der Waals surface area contributed by atoms with Gasteiger partial charge in [-0.2, -0.15) is 0 Å².